The summed E-state index contributed by atoms with van der Waals surface area (Å²) in [6, 6.07) is 3.23. The molecule has 2 fully saturated rings. The van der Waals surface area contributed by atoms with Crippen LogP contribution in [-0.4, -0.2) is 15.8 Å². The minimum absolute atomic E-state index is 0.455. The van der Waals surface area contributed by atoms with Crippen LogP contribution in [-0.2, 0) is 6.54 Å². The summed E-state index contributed by atoms with van der Waals surface area (Å²) < 4.78 is 2.04. The topological polar surface area (TPSA) is 29.9 Å². The summed E-state index contributed by atoms with van der Waals surface area (Å²) in [6.07, 6.45) is 8.01. The van der Waals surface area contributed by atoms with Gasteiger partial charge in [-0.05, 0) is 63.9 Å². The largest absolute Gasteiger partial charge is 0.308 e. The van der Waals surface area contributed by atoms with Gasteiger partial charge in [-0.1, -0.05) is 6.42 Å². The third-order valence-electron chi connectivity index (χ3n) is 5.23. The number of aromatic nitrogens is 2. The van der Waals surface area contributed by atoms with Gasteiger partial charge in [0.25, 0.3) is 0 Å². The Labute approximate surface area is 116 Å². The number of nitrogens with one attached hydrogen (secondary N) is 1. The second-order valence-corrected chi connectivity index (χ2v) is 6.89. The van der Waals surface area contributed by atoms with Crippen molar-refractivity contribution in [2.24, 2.45) is 17.8 Å². The van der Waals surface area contributed by atoms with Gasteiger partial charge in [-0.25, -0.2) is 0 Å². The minimum Gasteiger partial charge on any atom is -0.308 e. The van der Waals surface area contributed by atoms with Crippen LogP contribution in [0.15, 0.2) is 12.3 Å². The zero-order valence-electron chi connectivity index (χ0n) is 12.5. The second-order valence-electron chi connectivity index (χ2n) is 6.89. The van der Waals surface area contributed by atoms with Gasteiger partial charge in [-0.15, -0.1) is 0 Å². The van der Waals surface area contributed by atoms with E-state index in [1.807, 2.05) is 4.68 Å². The molecule has 1 N–H and O–H groups in total. The molecule has 3 nitrogen and oxygen atoms in total. The van der Waals surface area contributed by atoms with Crippen LogP contribution in [0, 0.1) is 17.8 Å². The average molecular weight is 261 g/mol. The molecule has 0 saturated heterocycles. The van der Waals surface area contributed by atoms with E-state index in [-0.39, 0.29) is 0 Å². The first-order valence-corrected chi connectivity index (χ1v) is 7.91. The average Bonchev–Trinajstić information content (AvgIpc) is 3.11. The highest BCUT2D eigenvalue weighted by Crippen LogP contribution is 2.49. The number of hydrogen-bond acceptors (Lipinski definition) is 2. The Bertz CT molecular complexity index is 423. The fourth-order valence-electron chi connectivity index (χ4n) is 4.08. The molecule has 0 amide bonds. The van der Waals surface area contributed by atoms with Crippen molar-refractivity contribution >= 4 is 0 Å². The van der Waals surface area contributed by atoms with Crippen LogP contribution in [0.3, 0.4) is 0 Å². The van der Waals surface area contributed by atoms with E-state index in [4.69, 9.17) is 0 Å². The predicted octanol–water partition coefficient (Wildman–Crippen LogP) is 3.38. The van der Waals surface area contributed by atoms with E-state index in [1.54, 1.807) is 0 Å². The number of nitrogens with zero attached hydrogens (tertiary/aromatic N) is 2. The van der Waals surface area contributed by atoms with Gasteiger partial charge in [0.1, 0.15) is 0 Å². The lowest BCUT2D eigenvalue weighted by Gasteiger charge is -2.28. The molecule has 2 aliphatic rings. The van der Waals surface area contributed by atoms with Crippen molar-refractivity contribution in [2.75, 3.05) is 0 Å². The fourth-order valence-corrected chi connectivity index (χ4v) is 4.08. The Hall–Kier alpha value is -0.830. The minimum atomic E-state index is 0.455. The van der Waals surface area contributed by atoms with Crippen molar-refractivity contribution in [3.63, 3.8) is 0 Å². The zero-order valence-corrected chi connectivity index (χ0v) is 12.5. The van der Waals surface area contributed by atoms with E-state index < -0.39 is 0 Å². The molecule has 4 unspecified atom stereocenters. The number of hydrogen-bond donors (Lipinski definition) is 1. The Balaban J connectivity index is 1.51. The van der Waals surface area contributed by atoms with E-state index in [0.717, 1.165) is 24.3 Å². The van der Waals surface area contributed by atoms with Gasteiger partial charge in [-0.2, -0.15) is 5.10 Å². The summed E-state index contributed by atoms with van der Waals surface area (Å²) in [4.78, 5) is 0. The van der Waals surface area contributed by atoms with E-state index in [1.165, 1.54) is 31.4 Å². The van der Waals surface area contributed by atoms with Crippen LogP contribution in [0.4, 0.5) is 0 Å². The van der Waals surface area contributed by atoms with Gasteiger partial charge in [-0.3, -0.25) is 4.68 Å². The van der Waals surface area contributed by atoms with Crippen LogP contribution in [0.1, 0.15) is 58.2 Å². The first-order valence-electron chi connectivity index (χ1n) is 7.91. The monoisotopic (exact) mass is 261 g/mol. The molecule has 1 heterocycles. The first-order chi connectivity index (χ1) is 9.13. The second kappa shape index (κ2) is 5.28. The van der Waals surface area contributed by atoms with Crippen molar-refractivity contribution in [3.05, 3.63) is 18.0 Å². The third-order valence-corrected chi connectivity index (χ3v) is 5.23. The number of fused-ring (bicyclic) bond motifs is 2. The molecule has 2 aliphatic carbocycles. The van der Waals surface area contributed by atoms with Crippen molar-refractivity contribution in [1.82, 2.24) is 15.1 Å². The summed E-state index contributed by atoms with van der Waals surface area (Å²) in [5.74, 6) is 2.95. The van der Waals surface area contributed by atoms with Crippen LogP contribution < -0.4 is 5.32 Å². The number of rotatable bonds is 5. The summed E-state index contributed by atoms with van der Waals surface area (Å²) in [5, 5.41) is 8.31. The van der Waals surface area contributed by atoms with E-state index in [0.29, 0.717) is 12.1 Å². The first kappa shape index (κ1) is 13.2. The van der Waals surface area contributed by atoms with Crippen LogP contribution in [0.2, 0.25) is 0 Å². The molecule has 1 aromatic heterocycles. The molecule has 19 heavy (non-hydrogen) atoms. The molecule has 0 aliphatic heterocycles. The highest BCUT2D eigenvalue weighted by molar-refractivity contribution is 5.00. The van der Waals surface area contributed by atoms with Crippen LogP contribution >= 0.6 is 0 Å². The summed E-state index contributed by atoms with van der Waals surface area (Å²) in [6.45, 7) is 7.61. The quantitative estimate of drug-likeness (QED) is 0.880. The zero-order chi connectivity index (χ0) is 13.4. The van der Waals surface area contributed by atoms with Gasteiger partial charge in [0.2, 0.25) is 0 Å². The van der Waals surface area contributed by atoms with Gasteiger partial charge < -0.3 is 5.32 Å². The molecule has 3 heteroatoms. The molecular weight excluding hydrogens is 234 g/mol. The Kier molecular flexibility index (Phi) is 3.66. The summed E-state index contributed by atoms with van der Waals surface area (Å²) in [5.41, 5.74) is 1.17. The molecule has 2 bridgehead atoms. The van der Waals surface area contributed by atoms with Gasteiger partial charge in [0.15, 0.2) is 0 Å². The predicted molar refractivity (Wildman–Crippen MR) is 77.9 cm³/mol. The Morgan fingerprint density at radius 2 is 2.16 bits per heavy atom. The molecule has 106 valence electrons. The molecule has 3 rings (SSSR count). The molecule has 1 aromatic rings. The Morgan fingerprint density at radius 3 is 2.74 bits per heavy atom. The van der Waals surface area contributed by atoms with Crippen molar-refractivity contribution in [2.45, 2.75) is 65.1 Å². The maximum atomic E-state index is 4.61. The fraction of sp³-hybridized carbons (Fsp3) is 0.812. The molecule has 0 aromatic carbocycles. The highest BCUT2D eigenvalue weighted by atomic mass is 15.3. The highest BCUT2D eigenvalue weighted by Gasteiger charge is 2.41. The van der Waals surface area contributed by atoms with Gasteiger partial charge in [0, 0.05) is 24.8 Å². The van der Waals surface area contributed by atoms with Gasteiger partial charge >= 0.3 is 0 Å². The molecule has 0 spiro atoms. The Morgan fingerprint density at radius 1 is 1.32 bits per heavy atom. The van der Waals surface area contributed by atoms with Crippen molar-refractivity contribution in [1.29, 1.82) is 0 Å². The maximum absolute atomic E-state index is 4.61. The normalized spacial score (nSPS) is 31.3. The van der Waals surface area contributed by atoms with Crippen LogP contribution in [0.5, 0.6) is 0 Å². The molecule has 4 atom stereocenters. The standard InChI is InChI=1S/C16H27N3/c1-11(2)19-7-6-15(18-19)10-17-12(3)16-9-13-4-5-14(16)8-13/h6-7,11-14,16-17H,4-5,8-10H2,1-3H3. The molecule has 0 radical (unpaired) electrons. The molecular formula is C16H27N3. The smallest absolute Gasteiger partial charge is 0.0762 e. The maximum Gasteiger partial charge on any atom is 0.0762 e. The summed E-state index contributed by atoms with van der Waals surface area (Å²) in [7, 11) is 0. The van der Waals surface area contributed by atoms with Crippen LogP contribution in [0.25, 0.3) is 0 Å². The van der Waals surface area contributed by atoms with E-state index >= 15 is 0 Å². The van der Waals surface area contributed by atoms with Crippen molar-refractivity contribution < 1.29 is 0 Å². The lowest BCUT2D eigenvalue weighted by Crippen LogP contribution is -2.36. The van der Waals surface area contributed by atoms with Crippen molar-refractivity contribution in [3.8, 4) is 0 Å². The third kappa shape index (κ3) is 2.71. The lowest BCUT2D eigenvalue weighted by molar-refractivity contribution is 0.258. The summed E-state index contributed by atoms with van der Waals surface area (Å²) >= 11 is 0. The molecule has 2 saturated carbocycles. The SMILES string of the molecule is CC(NCc1ccn(C(C)C)n1)C1CC2CCC1C2. The lowest BCUT2D eigenvalue weighted by atomic mass is 9.84. The van der Waals surface area contributed by atoms with E-state index in [9.17, 15) is 0 Å². The van der Waals surface area contributed by atoms with E-state index in [2.05, 4.69) is 43.4 Å². The van der Waals surface area contributed by atoms with Gasteiger partial charge in [0.05, 0.1) is 5.69 Å².